The Balaban J connectivity index is 3.43. The zero-order valence-electron chi connectivity index (χ0n) is 10.8. The van der Waals surface area contributed by atoms with E-state index in [1.165, 1.54) is 0 Å². The molecule has 0 aliphatic carbocycles. The number of nitrogens with one attached hydrogen (secondary N) is 3. The molecule has 100 valence electrons. The molecule has 0 aliphatic rings. The predicted molar refractivity (Wildman–Crippen MR) is 73.0 cm³/mol. The molecule has 0 aromatic heterocycles. The highest BCUT2D eigenvalue weighted by Crippen LogP contribution is 1.80. The molecule has 0 aromatic rings. The molecule has 0 heterocycles. The molecule has 17 heavy (non-hydrogen) atoms. The maximum absolute atomic E-state index is 11.3. The van der Waals surface area contributed by atoms with E-state index in [-0.39, 0.29) is 18.5 Å². The molecule has 0 spiro atoms. The number of hydrogen-bond acceptors (Lipinski definition) is 3. The molecule has 1 amide bonds. The molecule has 0 bridgehead atoms. The van der Waals surface area contributed by atoms with E-state index in [9.17, 15) is 4.79 Å². The Morgan fingerprint density at radius 3 is 2.65 bits per heavy atom. The Kier molecular flexibility index (Phi) is 9.75. The van der Waals surface area contributed by atoms with Crippen LogP contribution in [-0.4, -0.2) is 43.4 Å². The molecular formula is C11H23N3O2S. The molecule has 6 heteroatoms. The predicted octanol–water partition coefficient (Wildman–Crippen LogP) is 0.402. The quantitative estimate of drug-likeness (QED) is 0.436. The molecule has 0 rings (SSSR count). The van der Waals surface area contributed by atoms with Crippen molar-refractivity contribution in [2.75, 3.05) is 26.3 Å². The van der Waals surface area contributed by atoms with Gasteiger partial charge >= 0.3 is 0 Å². The fraction of sp³-hybridized carbons (Fsp3) is 0.818. The van der Waals surface area contributed by atoms with E-state index in [4.69, 9.17) is 17.0 Å². The van der Waals surface area contributed by atoms with Gasteiger partial charge in [0.15, 0.2) is 5.11 Å². The number of rotatable bonds is 8. The summed E-state index contributed by atoms with van der Waals surface area (Å²) in [5, 5.41) is 9.13. The fourth-order valence-electron chi connectivity index (χ4n) is 1.12. The van der Waals surface area contributed by atoms with Crippen LogP contribution in [0.5, 0.6) is 0 Å². The summed E-state index contributed by atoms with van der Waals surface area (Å²) >= 11 is 5.02. The first-order chi connectivity index (χ1) is 8.06. The van der Waals surface area contributed by atoms with Crippen molar-refractivity contribution in [3.05, 3.63) is 0 Å². The van der Waals surface area contributed by atoms with E-state index in [0.29, 0.717) is 5.11 Å². The van der Waals surface area contributed by atoms with E-state index in [1.54, 1.807) is 0 Å². The second-order valence-corrected chi connectivity index (χ2v) is 4.29. The Labute approximate surface area is 109 Å². The smallest absolute Gasteiger partial charge is 0.239 e. The van der Waals surface area contributed by atoms with Crippen molar-refractivity contribution >= 4 is 23.2 Å². The van der Waals surface area contributed by atoms with Crippen LogP contribution in [0.15, 0.2) is 0 Å². The van der Waals surface area contributed by atoms with Gasteiger partial charge < -0.3 is 20.7 Å². The minimum atomic E-state index is -0.0570. The largest absolute Gasteiger partial charge is 0.382 e. The van der Waals surface area contributed by atoms with E-state index in [2.05, 4.69) is 16.0 Å². The van der Waals surface area contributed by atoms with E-state index in [0.717, 1.165) is 26.2 Å². The molecular weight excluding hydrogens is 238 g/mol. The number of carbonyl (C=O) groups excluding carboxylic acids is 1. The van der Waals surface area contributed by atoms with Gasteiger partial charge in [0.1, 0.15) is 0 Å². The van der Waals surface area contributed by atoms with Crippen LogP contribution in [0.25, 0.3) is 0 Å². The number of thiocarbonyl (C=S) groups is 1. The highest BCUT2D eigenvalue weighted by molar-refractivity contribution is 7.80. The number of hydrogen-bond donors (Lipinski definition) is 3. The third-order valence-electron chi connectivity index (χ3n) is 1.81. The monoisotopic (exact) mass is 261 g/mol. The van der Waals surface area contributed by atoms with Crippen LogP contribution >= 0.6 is 12.2 Å². The van der Waals surface area contributed by atoms with Crippen molar-refractivity contribution in [2.45, 2.75) is 33.2 Å². The minimum Gasteiger partial charge on any atom is -0.382 e. The van der Waals surface area contributed by atoms with Crippen molar-refractivity contribution < 1.29 is 9.53 Å². The third-order valence-corrected chi connectivity index (χ3v) is 2.10. The van der Waals surface area contributed by atoms with Crippen molar-refractivity contribution in [3.63, 3.8) is 0 Å². The van der Waals surface area contributed by atoms with Gasteiger partial charge in [-0.15, -0.1) is 0 Å². The summed E-state index contributed by atoms with van der Waals surface area (Å²) in [5.74, 6) is -0.0570. The summed E-state index contributed by atoms with van der Waals surface area (Å²) in [5.41, 5.74) is 0. The highest BCUT2D eigenvalue weighted by atomic mass is 32.1. The lowest BCUT2D eigenvalue weighted by Crippen LogP contribution is -2.43. The normalized spacial score (nSPS) is 10.1. The zero-order chi connectivity index (χ0) is 13.1. The minimum absolute atomic E-state index is 0.0570. The molecule has 0 saturated carbocycles. The molecule has 0 atom stereocenters. The third kappa shape index (κ3) is 11.4. The van der Waals surface area contributed by atoms with Crippen molar-refractivity contribution in [1.29, 1.82) is 0 Å². The van der Waals surface area contributed by atoms with Gasteiger partial charge in [-0.2, -0.15) is 0 Å². The number of amides is 1. The van der Waals surface area contributed by atoms with Gasteiger partial charge in [0.05, 0.1) is 6.54 Å². The van der Waals surface area contributed by atoms with Crippen LogP contribution in [0.1, 0.15) is 27.2 Å². The Morgan fingerprint density at radius 1 is 1.35 bits per heavy atom. The van der Waals surface area contributed by atoms with Crippen molar-refractivity contribution in [1.82, 2.24) is 16.0 Å². The first-order valence-corrected chi connectivity index (χ1v) is 6.35. The molecule has 0 fully saturated rings. The first-order valence-electron chi connectivity index (χ1n) is 5.95. The lowest BCUT2D eigenvalue weighted by atomic mass is 10.4. The van der Waals surface area contributed by atoms with Gasteiger partial charge in [-0.05, 0) is 39.4 Å². The molecule has 3 N–H and O–H groups in total. The van der Waals surface area contributed by atoms with Gasteiger partial charge in [-0.25, -0.2) is 0 Å². The van der Waals surface area contributed by atoms with Crippen LogP contribution in [0.4, 0.5) is 0 Å². The van der Waals surface area contributed by atoms with E-state index >= 15 is 0 Å². The van der Waals surface area contributed by atoms with E-state index < -0.39 is 0 Å². The molecule has 5 nitrogen and oxygen atoms in total. The van der Waals surface area contributed by atoms with Gasteiger partial charge in [-0.1, -0.05) is 0 Å². The average molecular weight is 261 g/mol. The van der Waals surface area contributed by atoms with Crippen LogP contribution in [0.2, 0.25) is 0 Å². The number of carbonyl (C=O) groups is 1. The Hall–Kier alpha value is -0.880. The summed E-state index contributed by atoms with van der Waals surface area (Å²) in [4.78, 5) is 11.3. The summed E-state index contributed by atoms with van der Waals surface area (Å²) in [6.07, 6.45) is 0.897. The van der Waals surface area contributed by atoms with Crippen LogP contribution in [0.3, 0.4) is 0 Å². The second-order valence-electron chi connectivity index (χ2n) is 3.88. The Morgan fingerprint density at radius 2 is 2.06 bits per heavy atom. The van der Waals surface area contributed by atoms with Crippen molar-refractivity contribution in [3.8, 4) is 0 Å². The van der Waals surface area contributed by atoms with E-state index in [1.807, 2.05) is 20.8 Å². The highest BCUT2D eigenvalue weighted by Gasteiger charge is 2.03. The number of ether oxygens (including phenoxy) is 1. The maximum Gasteiger partial charge on any atom is 0.239 e. The zero-order valence-corrected chi connectivity index (χ0v) is 11.7. The standard InChI is InChI=1S/C11H23N3O2S/c1-4-16-7-5-6-12-11(17)13-8-10(15)14-9(2)3/h9H,4-8H2,1-3H3,(H,14,15)(H2,12,13,17). The molecule has 0 saturated heterocycles. The lowest BCUT2D eigenvalue weighted by molar-refractivity contribution is -0.120. The summed E-state index contributed by atoms with van der Waals surface area (Å²) in [7, 11) is 0. The molecule has 0 radical (unpaired) electrons. The summed E-state index contributed by atoms with van der Waals surface area (Å²) < 4.78 is 5.19. The fourth-order valence-corrected chi connectivity index (χ4v) is 1.29. The Bertz CT molecular complexity index is 235. The van der Waals surface area contributed by atoms with Gasteiger partial charge in [0.2, 0.25) is 5.91 Å². The first kappa shape index (κ1) is 16.1. The molecule has 0 aromatic carbocycles. The SMILES string of the molecule is CCOCCCNC(=S)NCC(=O)NC(C)C. The molecule has 0 unspecified atom stereocenters. The van der Waals surface area contributed by atoms with Crippen LogP contribution < -0.4 is 16.0 Å². The topological polar surface area (TPSA) is 62.4 Å². The van der Waals surface area contributed by atoms with Crippen LogP contribution in [-0.2, 0) is 9.53 Å². The summed E-state index contributed by atoms with van der Waals surface area (Å²) in [6, 6.07) is 0.150. The maximum atomic E-state index is 11.3. The van der Waals surface area contributed by atoms with Gasteiger partial charge in [0, 0.05) is 25.8 Å². The lowest BCUT2D eigenvalue weighted by Gasteiger charge is -2.12. The average Bonchev–Trinajstić information content (AvgIpc) is 2.25. The van der Waals surface area contributed by atoms with Crippen molar-refractivity contribution in [2.24, 2.45) is 0 Å². The van der Waals surface area contributed by atoms with Crippen LogP contribution in [0, 0.1) is 0 Å². The van der Waals surface area contributed by atoms with Gasteiger partial charge in [0.25, 0.3) is 0 Å². The van der Waals surface area contributed by atoms with Gasteiger partial charge in [-0.3, -0.25) is 4.79 Å². The molecule has 0 aliphatic heterocycles. The summed E-state index contributed by atoms with van der Waals surface area (Å²) in [6.45, 7) is 8.21. The second kappa shape index (κ2) is 10.3.